The summed E-state index contributed by atoms with van der Waals surface area (Å²) in [5.74, 6) is -1.35. The summed E-state index contributed by atoms with van der Waals surface area (Å²) in [7, 11) is 0. The minimum absolute atomic E-state index is 0.141. The fraction of sp³-hybridized carbons (Fsp3) is 0.359. The van der Waals surface area contributed by atoms with Crippen LogP contribution in [-0.4, -0.2) is 76.1 Å². The zero-order valence-electron chi connectivity index (χ0n) is 27.5. The molecule has 8 nitrogen and oxygen atoms in total. The normalized spacial score (nSPS) is 27.0. The Hall–Kier alpha value is -4.34. The Morgan fingerprint density at radius 1 is 0.917 bits per heavy atom. The van der Waals surface area contributed by atoms with Gasteiger partial charge in [0.15, 0.2) is 0 Å². The maximum Gasteiger partial charge on any atom is 0.251 e. The third-order valence-electron chi connectivity index (χ3n) is 10.1. The number of amides is 3. The first-order chi connectivity index (χ1) is 23.3. The van der Waals surface area contributed by atoms with Crippen LogP contribution in [0.25, 0.3) is 0 Å². The first-order valence-corrected chi connectivity index (χ1v) is 17.6. The van der Waals surface area contributed by atoms with Gasteiger partial charge >= 0.3 is 0 Å². The van der Waals surface area contributed by atoms with E-state index < -0.39 is 28.7 Å². The highest BCUT2D eigenvalue weighted by Crippen LogP contribution is 2.61. The van der Waals surface area contributed by atoms with Crippen LogP contribution in [0.15, 0.2) is 97.1 Å². The van der Waals surface area contributed by atoms with Gasteiger partial charge in [-0.05, 0) is 74.2 Å². The molecule has 9 heteroatoms. The van der Waals surface area contributed by atoms with Crippen LogP contribution in [0.4, 0.5) is 11.4 Å². The highest BCUT2D eigenvalue weighted by Gasteiger charge is 2.71. The second-order valence-corrected chi connectivity index (χ2v) is 14.5. The summed E-state index contributed by atoms with van der Waals surface area (Å²) >= 11 is 1.55. The number of aryl methyl sites for hydroxylation is 2. The average molecular weight is 664 g/mol. The number of anilines is 2. The zero-order valence-corrected chi connectivity index (χ0v) is 28.3. The average Bonchev–Trinajstić information content (AvgIpc) is 3.41. The van der Waals surface area contributed by atoms with Gasteiger partial charge in [0.05, 0.1) is 35.8 Å². The number of fused-ring (bicyclic) bond motifs is 2. The number of carbonyl (C=O) groups excluding carboxylic acids is 3. The minimum atomic E-state index is -0.998. The number of rotatable bonds is 8. The van der Waals surface area contributed by atoms with Crippen molar-refractivity contribution < 1.29 is 24.2 Å². The van der Waals surface area contributed by atoms with Gasteiger partial charge in [0.1, 0.15) is 11.8 Å². The van der Waals surface area contributed by atoms with Crippen molar-refractivity contribution in [3.8, 4) is 5.75 Å². The number of ether oxygens (including phenoxy) is 1. The molecule has 0 aromatic heterocycles. The van der Waals surface area contributed by atoms with Crippen molar-refractivity contribution in [1.82, 2.24) is 4.90 Å². The highest BCUT2D eigenvalue weighted by molar-refractivity contribution is 8.02. The lowest BCUT2D eigenvalue weighted by atomic mass is 9.78. The molecular formula is C39H41N3O5S. The van der Waals surface area contributed by atoms with Crippen LogP contribution < -0.4 is 14.5 Å². The number of nitrogens with zero attached hydrogens (tertiary/aromatic N) is 3. The van der Waals surface area contributed by atoms with E-state index in [1.165, 1.54) is 0 Å². The van der Waals surface area contributed by atoms with Gasteiger partial charge in [0.25, 0.3) is 5.91 Å². The van der Waals surface area contributed by atoms with E-state index in [9.17, 15) is 9.90 Å². The van der Waals surface area contributed by atoms with Gasteiger partial charge in [-0.25, -0.2) is 0 Å². The first-order valence-electron chi connectivity index (χ1n) is 16.7. The number of aliphatic hydroxyl groups excluding tert-OH is 1. The van der Waals surface area contributed by atoms with Crippen LogP contribution in [0.5, 0.6) is 5.75 Å². The lowest BCUT2D eigenvalue weighted by Gasteiger charge is -2.38. The third kappa shape index (κ3) is 5.33. The van der Waals surface area contributed by atoms with E-state index in [4.69, 9.17) is 4.74 Å². The van der Waals surface area contributed by atoms with E-state index in [-0.39, 0.29) is 29.6 Å². The molecule has 0 aliphatic carbocycles. The molecule has 0 saturated carbocycles. The molecule has 3 aromatic carbocycles. The number of likely N-dealkylation sites (tertiary alicyclic amines) is 1. The molecule has 6 atom stereocenters. The van der Waals surface area contributed by atoms with Gasteiger partial charge in [-0.2, -0.15) is 0 Å². The second-order valence-electron chi connectivity index (χ2n) is 13.1. The van der Waals surface area contributed by atoms with Crippen LogP contribution in [0, 0.1) is 25.7 Å². The number of benzene rings is 3. The lowest BCUT2D eigenvalue weighted by molar-refractivity contribution is -0.141. The number of thioether (sulfide) groups is 1. The number of aliphatic hydroxyl groups is 1. The molecule has 7 rings (SSSR count). The van der Waals surface area contributed by atoms with Gasteiger partial charge in [-0.1, -0.05) is 66.8 Å². The smallest absolute Gasteiger partial charge is 0.251 e. The Bertz CT molecular complexity index is 1780. The Morgan fingerprint density at radius 3 is 2.40 bits per heavy atom. The fourth-order valence-corrected chi connectivity index (χ4v) is 9.95. The maximum atomic E-state index is 15.1. The Morgan fingerprint density at radius 2 is 1.67 bits per heavy atom. The van der Waals surface area contributed by atoms with Crippen LogP contribution in [0.3, 0.4) is 0 Å². The summed E-state index contributed by atoms with van der Waals surface area (Å²) < 4.78 is 4.63. The van der Waals surface area contributed by atoms with Crippen molar-refractivity contribution in [1.29, 1.82) is 0 Å². The lowest BCUT2D eigenvalue weighted by Crippen LogP contribution is -2.57. The summed E-state index contributed by atoms with van der Waals surface area (Å²) in [6.45, 7) is 6.86. The molecular weight excluding hydrogens is 623 g/mol. The Balaban J connectivity index is 1.33. The largest absolute Gasteiger partial charge is 0.494 e. The van der Waals surface area contributed by atoms with Crippen molar-refractivity contribution in [3.05, 3.63) is 114 Å². The predicted molar refractivity (Wildman–Crippen MR) is 189 cm³/mol. The summed E-state index contributed by atoms with van der Waals surface area (Å²) in [6.07, 6.45) is 8.45. The molecule has 1 N–H and O–H groups in total. The van der Waals surface area contributed by atoms with Crippen LogP contribution in [0.2, 0.25) is 0 Å². The van der Waals surface area contributed by atoms with E-state index in [1.807, 2.05) is 118 Å². The van der Waals surface area contributed by atoms with Gasteiger partial charge in [-0.3, -0.25) is 14.4 Å². The van der Waals surface area contributed by atoms with Crippen molar-refractivity contribution in [2.75, 3.05) is 36.1 Å². The molecule has 0 bridgehead atoms. The molecule has 2 saturated heterocycles. The molecule has 1 spiro atoms. The molecule has 3 aromatic rings. The van der Waals surface area contributed by atoms with Crippen molar-refractivity contribution in [2.45, 2.75) is 49.3 Å². The predicted octanol–water partition coefficient (Wildman–Crippen LogP) is 5.11. The molecule has 4 aliphatic heterocycles. The fourth-order valence-electron chi connectivity index (χ4n) is 7.95. The maximum absolute atomic E-state index is 15.1. The molecule has 248 valence electrons. The van der Waals surface area contributed by atoms with E-state index in [0.717, 1.165) is 33.8 Å². The van der Waals surface area contributed by atoms with Gasteiger partial charge < -0.3 is 24.5 Å². The Labute approximate surface area is 286 Å². The molecule has 3 amide bonds. The topological polar surface area (TPSA) is 90.4 Å². The van der Waals surface area contributed by atoms with Crippen molar-refractivity contribution in [2.24, 2.45) is 11.8 Å². The number of hydrogen-bond donors (Lipinski definition) is 1. The van der Waals surface area contributed by atoms with Crippen LogP contribution in [0.1, 0.15) is 23.6 Å². The minimum Gasteiger partial charge on any atom is -0.494 e. The van der Waals surface area contributed by atoms with Gasteiger partial charge in [0, 0.05) is 29.7 Å². The summed E-state index contributed by atoms with van der Waals surface area (Å²) in [5, 5.41) is 10.6. The molecule has 1 unspecified atom stereocenters. The molecule has 2 fully saturated rings. The second kappa shape index (κ2) is 12.9. The summed E-state index contributed by atoms with van der Waals surface area (Å²) in [5.41, 5.74) is 4.48. The van der Waals surface area contributed by atoms with E-state index in [0.29, 0.717) is 26.1 Å². The highest BCUT2D eigenvalue weighted by atomic mass is 32.2. The number of carbonyl (C=O) groups is 3. The molecule has 48 heavy (non-hydrogen) atoms. The van der Waals surface area contributed by atoms with E-state index >= 15 is 9.59 Å². The summed E-state index contributed by atoms with van der Waals surface area (Å²) in [6, 6.07) is 21.7. The van der Waals surface area contributed by atoms with E-state index in [2.05, 4.69) is 0 Å². The summed E-state index contributed by atoms with van der Waals surface area (Å²) in [4.78, 5) is 49.9. The molecule has 4 aliphatic rings. The van der Waals surface area contributed by atoms with Crippen molar-refractivity contribution >= 4 is 40.9 Å². The third-order valence-corrected chi connectivity index (χ3v) is 11.9. The molecule has 0 radical (unpaired) electrons. The van der Waals surface area contributed by atoms with E-state index in [1.54, 1.807) is 26.5 Å². The zero-order chi connectivity index (χ0) is 33.6. The molecule has 4 heterocycles. The SMILES string of the molecule is CCOc1ccc(N2CC=C[C@H]3S[C@]45C=CCN(c6cc(C)ccc6C)C(=O)C4N([C@@H](CO)Cc4ccccc4)C(=O)[C@@H]5[C@H]3C2=O)cc1. The van der Waals surface area contributed by atoms with Gasteiger partial charge in [0.2, 0.25) is 11.8 Å². The van der Waals surface area contributed by atoms with Crippen LogP contribution in [-0.2, 0) is 20.8 Å². The first kappa shape index (κ1) is 32.2. The van der Waals surface area contributed by atoms with Crippen molar-refractivity contribution in [3.63, 3.8) is 0 Å². The monoisotopic (exact) mass is 663 g/mol. The standard InChI is InChI=1S/C39H41N3O5S/c1-4-47-30-17-15-28(16-18-30)40-20-8-12-32-33(36(40)44)34-37(45)42(29(24-43)23-27-10-6-5-7-11-27)35-38(46)41(21-9-19-39(34,35)48-32)31-22-25(2)13-14-26(31)3/h5-19,22,29,32-35,43H,4,20-21,23-24H2,1-3H3/t29-,32-,33+,34+,35?,39+/m1/s1. The number of hydrogen-bond acceptors (Lipinski definition) is 6. The Kier molecular flexibility index (Phi) is 8.68. The quantitative estimate of drug-likeness (QED) is 0.337. The van der Waals surface area contributed by atoms with Crippen LogP contribution >= 0.6 is 11.8 Å². The van der Waals surface area contributed by atoms with Gasteiger partial charge in [-0.15, -0.1) is 11.8 Å².